The highest BCUT2D eigenvalue weighted by Gasteiger charge is 2.03. The van der Waals surface area contributed by atoms with Gasteiger partial charge in [0.2, 0.25) is 0 Å². The van der Waals surface area contributed by atoms with E-state index in [1.807, 2.05) is 24.3 Å². The third-order valence-electron chi connectivity index (χ3n) is 1.80. The van der Waals surface area contributed by atoms with Crippen LogP contribution in [0.1, 0.15) is 0 Å². The van der Waals surface area contributed by atoms with Crippen molar-refractivity contribution >= 4 is 22.5 Å². The van der Waals surface area contributed by atoms with E-state index >= 15 is 0 Å². The number of benzene rings is 1. The number of pyridine rings is 1. The number of rotatable bonds is 1. The van der Waals surface area contributed by atoms with Crippen molar-refractivity contribution < 1.29 is 4.74 Å². The van der Waals surface area contributed by atoms with Crippen molar-refractivity contribution in [3.05, 3.63) is 42.6 Å². The molecule has 0 aliphatic rings. The van der Waals surface area contributed by atoms with Crippen LogP contribution in [0.2, 0.25) is 5.15 Å². The zero-order valence-corrected chi connectivity index (χ0v) is 7.58. The standard InChI is InChI=1S/C10H7ClNO/c1-13-9-6-10(11)12-8-5-3-2-4-7(8)9/h2-6H,1H2. The second-order valence-electron chi connectivity index (χ2n) is 2.60. The lowest BCUT2D eigenvalue weighted by molar-refractivity contribution is 0.478. The summed E-state index contributed by atoms with van der Waals surface area (Å²) in [5, 5.41) is 1.33. The third-order valence-corrected chi connectivity index (χ3v) is 2.00. The van der Waals surface area contributed by atoms with Crippen LogP contribution in [0.25, 0.3) is 10.9 Å². The third kappa shape index (κ3) is 1.45. The molecule has 0 atom stereocenters. The molecule has 3 heteroatoms. The average molecular weight is 193 g/mol. The number of halogens is 1. The fourth-order valence-corrected chi connectivity index (χ4v) is 1.42. The van der Waals surface area contributed by atoms with Crippen LogP contribution in [-0.2, 0) is 0 Å². The first-order valence-electron chi connectivity index (χ1n) is 3.78. The van der Waals surface area contributed by atoms with E-state index in [0.29, 0.717) is 10.9 Å². The summed E-state index contributed by atoms with van der Waals surface area (Å²) in [4.78, 5) is 4.14. The van der Waals surface area contributed by atoms with Crippen LogP contribution in [0.3, 0.4) is 0 Å². The number of ether oxygens (including phenoxy) is 1. The van der Waals surface area contributed by atoms with Gasteiger partial charge in [0.05, 0.1) is 5.52 Å². The van der Waals surface area contributed by atoms with Gasteiger partial charge in [-0.05, 0) is 12.1 Å². The van der Waals surface area contributed by atoms with Crippen molar-refractivity contribution in [2.45, 2.75) is 0 Å². The van der Waals surface area contributed by atoms with Crippen molar-refractivity contribution in [3.63, 3.8) is 0 Å². The highest BCUT2D eigenvalue weighted by molar-refractivity contribution is 6.30. The van der Waals surface area contributed by atoms with E-state index in [0.717, 1.165) is 10.9 Å². The molecule has 0 fully saturated rings. The van der Waals surface area contributed by atoms with Crippen molar-refractivity contribution in [2.75, 3.05) is 0 Å². The predicted molar refractivity (Wildman–Crippen MR) is 52.7 cm³/mol. The van der Waals surface area contributed by atoms with E-state index in [4.69, 9.17) is 16.3 Å². The smallest absolute Gasteiger partial charge is 0.133 e. The maximum Gasteiger partial charge on any atom is 0.133 e. The Hall–Kier alpha value is -1.28. The van der Waals surface area contributed by atoms with Gasteiger partial charge in [-0.2, -0.15) is 0 Å². The summed E-state index contributed by atoms with van der Waals surface area (Å²) in [6, 6.07) is 9.26. The van der Waals surface area contributed by atoms with Gasteiger partial charge in [-0.1, -0.05) is 23.7 Å². The Kier molecular flexibility index (Phi) is 2.07. The molecule has 1 aromatic heterocycles. The molecular formula is C10H7ClNO. The Morgan fingerprint density at radius 1 is 1.31 bits per heavy atom. The minimum Gasteiger partial charge on any atom is -0.489 e. The van der Waals surface area contributed by atoms with Gasteiger partial charge in [0.1, 0.15) is 18.0 Å². The quantitative estimate of drug-likeness (QED) is 0.648. The molecule has 0 N–H and O–H groups in total. The molecule has 13 heavy (non-hydrogen) atoms. The molecule has 0 saturated heterocycles. The summed E-state index contributed by atoms with van der Waals surface area (Å²) in [7, 11) is 3.36. The number of hydrogen-bond acceptors (Lipinski definition) is 2. The Morgan fingerprint density at radius 3 is 2.85 bits per heavy atom. The summed E-state index contributed by atoms with van der Waals surface area (Å²) < 4.78 is 4.93. The van der Waals surface area contributed by atoms with Crippen LogP contribution < -0.4 is 4.74 Å². The number of fused-ring (bicyclic) bond motifs is 1. The average Bonchev–Trinajstić information content (AvgIpc) is 2.16. The van der Waals surface area contributed by atoms with Crippen molar-refractivity contribution in [1.82, 2.24) is 4.98 Å². The summed E-state index contributed by atoms with van der Waals surface area (Å²) >= 11 is 5.78. The van der Waals surface area contributed by atoms with Crippen molar-refractivity contribution in [3.8, 4) is 5.75 Å². The molecule has 0 spiro atoms. The zero-order valence-electron chi connectivity index (χ0n) is 6.83. The van der Waals surface area contributed by atoms with E-state index < -0.39 is 0 Å². The first-order valence-corrected chi connectivity index (χ1v) is 4.16. The van der Waals surface area contributed by atoms with E-state index in [-0.39, 0.29) is 0 Å². The van der Waals surface area contributed by atoms with Gasteiger partial charge in [-0.3, -0.25) is 0 Å². The maximum absolute atomic E-state index is 5.78. The normalized spacial score (nSPS) is 10.3. The minimum absolute atomic E-state index is 0.414. The molecule has 0 aliphatic heterocycles. The fraction of sp³-hybridized carbons (Fsp3) is 0. The van der Waals surface area contributed by atoms with Crippen LogP contribution in [0, 0.1) is 7.11 Å². The molecule has 0 saturated carbocycles. The largest absolute Gasteiger partial charge is 0.489 e. The molecular weight excluding hydrogens is 186 g/mol. The number of para-hydroxylation sites is 1. The molecule has 1 heterocycles. The second-order valence-corrected chi connectivity index (χ2v) is 2.99. The minimum atomic E-state index is 0.414. The second kappa shape index (κ2) is 3.23. The Bertz CT molecular complexity index is 442. The van der Waals surface area contributed by atoms with Gasteiger partial charge in [-0.25, -0.2) is 4.98 Å². The molecule has 0 amide bonds. The van der Waals surface area contributed by atoms with Gasteiger partial charge in [0, 0.05) is 11.5 Å². The number of aromatic nitrogens is 1. The zero-order chi connectivity index (χ0) is 9.26. The summed E-state index contributed by atoms with van der Waals surface area (Å²) in [6.07, 6.45) is 0. The lowest BCUT2D eigenvalue weighted by Crippen LogP contribution is -1.85. The van der Waals surface area contributed by atoms with Gasteiger partial charge in [-0.15, -0.1) is 0 Å². The number of hydrogen-bond donors (Lipinski definition) is 0. The first-order chi connectivity index (χ1) is 6.31. The van der Waals surface area contributed by atoms with E-state index in [1.54, 1.807) is 6.07 Å². The van der Waals surface area contributed by atoms with Gasteiger partial charge in [0.15, 0.2) is 0 Å². The van der Waals surface area contributed by atoms with Gasteiger partial charge >= 0.3 is 0 Å². The van der Waals surface area contributed by atoms with E-state index in [2.05, 4.69) is 12.1 Å². The Morgan fingerprint density at radius 2 is 2.08 bits per heavy atom. The molecule has 1 aromatic carbocycles. The van der Waals surface area contributed by atoms with Crippen LogP contribution in [0.15, 0.2) is 30.3 Å². The predicted octanol–water partition coefficient (Wildman–Crippen LogP) is 3.06. The Balaban J connectivity index is 2.81. The molecule has 2 rings (SSSR count). The monoisotopic (exact) mass is 192 g/mol. The molecule has 65 valence electrons. The van der Waals surface area contributed by atoms with E-state index in [9.17, 15) is 0 Å². The molecule has 1 radical (unpaired) electrons. The SMILES string of the molecule is [CH2]Oc1cc(Cl)nc2ccccc12. The Labute approximate surface area is 81.1 Å². The van der Waals surface area contributed by atoms with Crippen LogP contribution in [0.4, 0.5) is 0 Å². The summed E-state index contributed by atoms with van der Waals surface area (Å²) in [6.45, 7) is 0. The molecule has 0 aliphatic carbocycles. The molecule has 2 aromatic rings. The van der Waals surface area contributed by atoms with E-state index in [1.165, 1.54) is 0 Å². The van der Waals surface area contributed by atoms with Crippen LogP contribution >= 0.6 is 11.6 Å². The molecule has 0 unspecified atom stereocenters. The maximum atomic E-state index is 5.78. The summed E-state index contributed by atoms with van der Waals surface area (Å²) in [5.41, 5.74) is 0.814. The number of nitrogens with zero attached hydrogens (tertiary/aromatic N) is 1. The highest BCUT2D eigenvalue weighted by Crippen LogP contribution is 2.26. The fourth-order valence-electron chi connectivity index (χ4n) is 1.23. The van der Waals surface area contributed by atoms with Gasteiger partial charge in [0.25, 0.3) is 0 Å². The topological polar surface area (TPSA) is 22.1 Å². The van der Waals surface area contributed by atoms with Crippen molar-refractivity contribution in [1.29, 1.82) is 0 Å². The molecule has 0 bridgehead atoms. The van der Waals surface area contributed by atoms with Crippen molar-refractivity contribution in [2.24, 2.45) is 0 Å². The highest BCUT2D eigenvalue weighted by atomic mass is 35.5. The molecule has 2 nitrogen and oxygen atoms in total. The van der Waals surface area contributed by atoms with Crippen LogP contribution in [-0.4, -0.2) is 4.98 Å². The summed E-state index contributed by atoms with van der Waals surface area (Å²) in [5.74, 6) is 0.649. The lowest BCUT2D eigenvalue weighted by Gasteiger charge is -2.04. The van der Waals surface area contributed by atoms with Gasteiger partial charge < -0.3 is 4.74 Å². The first kappa shape index (κ1) is 8.32. The lowest BCUT2D eigenvalue weighted by atomic mass is 10.2. The van der Waals surface area contributed by atoms with Crippen LogP contribution in [0.5, 0.6) is 5.75 Å².